The van der Waals surface area contributed by atoms with Crippen LogP contribution in [0.2, 0.25) is 15.8 Å². The summed E-state index contributed by atoms with van der Waals surface area (Å²) in [5.74, 6) is 0.779. The summed E-state index contributed by atoms with van der Waals surface area (Å²) in [7, 11) is 6.87. The second kappa shape index (κ2) is 10.3. The van der Waals surface area contributed by atoms with Gasteiger partial charge in [-0.25, -0.2) is 0 Å². The number of unbranched alkanes of at least 4 members (excludes halogenated alkanes) is 1. The molecule has 1 nitrogen and oxygen atoms in total. The van der Waals surface area contributed by atoms with Crippen LogP contribution in [-0.4, -0.2) is 25.4 Å². The molecule has 108 valence electrons. The fraction of sp³-hybridized carbons (Fsp3) is 0.867. The quantitative estimate of drug-likeness (QED) is 0.405. The van der Waals surface area contributed by atoms with E-state index in [1.165, 1.54) is 40.6 Å². The molecule has 0 heterocycles. The Balaban J connectivity index is 4.24. The molecule has 0 aliphatic carbocycles. The van der Waals surface area contributed by atoms with Crippen molar-refractivity contribution in [1.29, 1.82) is 0 Å². The molecular formula is C15H32ClGeN. The van der Waals surface area contributed by atoms with Crippen molar-refractivity contribution in [2.75, 3.05) is 13.1 Å². The van der Waals surface area contributed by atoms with E-state index in [2.05, 4.69) is 39.6 Å². The molecule has 18 heavy (non-hydrogen) atoms. The summed E-state index contributed by atoms with van der Waals surface area (Å²) in [6, 6.07) is 0. The van der Waals surface area contributed by atoms with Crippen LogP contribution >= 0.6 is 10.0 Å². The van der Waals surface area contributed by atoms with Gasteiger partial charge in [0.05, 0.1) is 0 Å². The summed E-state index contributed by atoms with van der Waals surface area (Å²) in [5, 5.41) is 7.36. The molecule has 1 N–H and O–H groups in total. The van der Waals surface area contributed by atoms with Gasteiger partial charge in [-0.05, 0) is 0 Å². The van der Waals surface area contributed by atoms with Crippen LogP contribution in [0, 0.1) is 5.92 Å². The molecule has 0 bridgehead atoms. The van der Waals surface area contributed by atoms with Crippen molar-refractivity contribution in [2.24, 2.45) is 5.92 Å². The van der Waals surface area contributed by atoms with E-state index in [-0.39, 0.29) is 0 Å². The van der Waals surface area contributed by atoms with Crippen LogP contribution in [0.5, 0.6) is 0 Å². The molecule has 1 atom stereocenters. The molecule has 0 amide bonds. The van der Waals surface area contributed by atoms with Crippen LogP contribution in [0.25, 0.3) is 0 Å². The van der Waals surface area contributed by atoms with Crippen LogP contribution in [0.3, 0.4) is 0 Å². The molecule has 0 saturated carbocycles. The number of rotatable bonds is 11. The molecule has 3 heteroatoms. The van der Waals surface area contributed by atoms with Crippen molar-refractivity contribution in [3.8, 4) is 0 Å². The van der Waals surface area contributed by atoms with E-state index in [1.54, 1.807) is 0 Å². The third kappa shape index (κ3) is 8.60. The Morgan fingerprint density at radius 2 is 1.89 bits per heavy atom. The minimum absolute atomic E-state index is 0.779. The Morgan fingerprint density at radius 1 is 1.28 bits per heavy atom. The Hall–Kier alpha value is 0.533. The standard InChI is InChI=1S/C15H32ClGeN/c1-6-9-10-15(13-18-12-14(4)5)11-17(16,7-2)8-3/h15,18H,4,6-13H2,1-3,5H3. The van der Waals surface area contributed by atoms with E-state index >= 15 is 0 Å². The van der Waals surface area contributed by atoms with Crippen molar-refractivity contribution in [2.45, 2.75) is 62.7 Å². The number of hydrogen-bond donors (Lipinski definition) is 1. The Kier molecular flexibility index (Phi) is 10.6. The molecule has 1 unspecified atom stereocenters. The van der Waals surface area contributed by atoms with E-state index in [0.29, 0.717) is 0 Å². The van der Waals surface area contributed by atoms with Gasteiger partial charge in [0, 0.05) is 0 Å². The summed E-state index contributed by atoms with van der Waals surface area (Å²) in [4.78, 5) is 0. The summed E-state index contributed by atoms with van der Waals surface area (Å²) in [6.45, 7) is 14.9. The topological polar surface area (TPSA) is 12.0 Å². The van der Waals surface area contributed by atoms with Crippen LogP contribution in [0.15, 0.2) is 12.2 Å². The van der Waals surface area contributed by atoms with E-state index in [9.17, 15) is 0 Å². The summed E-state index contributed by atoms with van der Waals surface area (Å²) < 4.78 is 0. The van der Waals surface area contributed by atoms with Crippen LogP contribution in [0.4, 0.5) is 0 Å². The summed E-state index contributed by atoms with van der Waals surface area (Å²) in [5.41, 5.74) is 1.22. The van der Waals surface area contributed by atoms with Gasteiger partial charge in [0.2, 0.25) is 0 Å². The van der Waals surface area contributed by atoms with Gasteiger partial charge in [-0.2, -0.15) is 0 Å². The van der Waals surface area contributed by atoms with Crippen LogP contribution in [0.1, 0.15) is 47.0 Å². The zero-order valence-corrected chi connectivity index (χ0v) is 15.7. The molecule has 0 aromatic rings. The molecule has 0 fully saturated rings. The van der Waals surface area contributed by atoms with E-state index in [0.717, 1.165) is 19.0 Å². The third-order valence-corrected chi connectivity index (χ3v) is 15.4. The summed E-state index contributed by atoms with van der Waals surface area (Å²) in [6.07, 6.45) is 3.96. The second-order valence-corrected chi connectivity index (χ2v) is 18.5. The molecule has 0 saturated heterocycles. The minimum atomic E-state index is -2.00. The van der Waals surface area contributed by atoms with Crippen molar-refractivity contribution in [3.63, 3.8) is 0 Å². The van der Waals surface area contributed by atoms with Gasteiger partial charge in [-0.3, -0.25) is 0 Å². The van der Waals surface area contributed by atoms with Crippen molar-refractivity contribution in [3.05, 3.63) is 12.2 Å². The van der Waals surface area contributed by atoms with Crippen LogP contribution in [-0.2, 0) is 0 Å². The Morgan fingerprint density at radius 3 is 2.33 bits per heavy atom. The summed E-state index contributed by atoms with van der Waals surface area (Å²) >= 11 is -2.00. The molecule has 0 aromatic carbocycles. The SMILES string of the molecule is C=C(C)CNCC(CCCC)[CH2][Ge]([Cl])([CH2]C)[CH2]C. The van der Waals surface area contributed by atoms with Crippen molar-refractivity contribution < 1.29 is 0 Å². The average Bonchev–Trinajstić information content (AvgIpc) is 2.35. The number of nitrogens with one attached hydrogen (secondary N) is 1. The number of halogens is 1. The van der Waals surface area contributed by atoms with Crippen LogP contribution < -0.4 is 5.32 Å². The first kappa shape index (κ1) is 18.5. The van der Waals surface area contributed by atoms with Gasteiger partial charge in [-0.15, -0.1) is 0 Å². The fourth-order valence-electron chi connectivity index (χ4n) is 2.31. The van der Waals surface area contributed by atoms with E-state index < -0.39 is 12.3 Å². The molecule has 0 radical (unpaired) electrons. The van der Waals surface area contributed by atoms with Gasteiger partial charge >= 0.3 is 122 Å². The second-order valence-electron chi connectivity index (χ2n) is 5.66. The molecule has 0 aliphatic heterocycles. The van der Waals surface area contributed by atoms with Gasteiger partial charge in [0.25, 0.3) is 0 Å². The predicted octanol–water partition coefficient (Wildman–Crippen LogP) is 5.18. The number of hydrogen-bond acceptors (Lipinski definition) is 1. The molecule has 0 aromatic heterocycles. The average molecular weight is 334 g/mol. The predicted molar refractivity (Wildman–Crippen MR) is 88.1 cm³/mol. The molecule has 0 rings (SSSR count). The van der Waals surface area contributed by atoms with Gasteiger partial charge in [-0.1, -0.05) is 0 Å². The zero-order valence-electron chi connectivity index (χ0n) is 12.8. The molecule has 0 aliphatic rings. The first-order valence-electron chi connectivity index (χ1n) is 7.51. The third-order valence-electron chi connectivity index (χ3n) is 3.75. The Labute approximate surface area is 121 Å². The van der Waals surface area contributed by atoms with Gasteiger partial charge in [0.15, 0.2) is 0 Å². The monoisotopic (exact) mass is 335 g/mol. The molecular weight excluding hydrogens is 302 g/mol. The fourth-order valence-corrected chi connectivity index (χ4v) is 8.61. The maximum absolute atomic E-state index is 6.87. The van der Waals surface area contributed by atoms with E-state index in [4.69, 9.17) is 10.0 Å². The van der Waals surface area contributed by atoms with Crippen molar-refractivity contribution >= 4 is 22.3 Å². The zero-order chi connectivity index (χ0) is 14.0. The first-order chi connectivity index (χ1) is 8.47. The van der Waals surface area contributed by atoms with Gasteiger partial charge in [0.1, 0.15) is 0 Å². The molecule has 0 spiro atoms. The normalized spacial score (nSPS) is 13.6. The van der Waals surface area contributed by atoms with Gasteiger partial charge < -0.3 is 0 Å². The maximum atomic E-state index is 6.87. The van der Waals surface area contributed by atoms with Crippen molar-refractivity contribution in [1.82, 2.24) is 5.32 Å². The van der Waals surface area contributed by atoms with E-state index in [1.807, 2.05) is 0 Å². The Bertz CT molecular complexity index is 227. The first-order valence-corrected chi connectivity index (χ1v) is 14.7.